The molecule has 32 heavy (non-hydrogen) atoms. The van der Waals surface area contributed by atoms with Crippen molar-refractivity contribution in [2.24, 2.45) is 0 Å². The van der Waals surface area contributed by atoms with Crippen LogP contribution >= 0.6 is 11.3 Å². The maximum atomic E-state index is 14.4. The molecule has 0 saturated carbocycles. The molecule has 0 bridgehead atoms. The molecule has 4 rings (SSSR count). The van der Waals surface area contributed by atoms with Crippen LogP contribution in [-0.4, -0.2) is 33.0 Å². The average molecular weight is 451 g/mol. The summed E-state index contributed by atoms with van der Waals surface area (Å²) >= 11 is 1.25. The number of halogens is 1. The van der Waals surface area contributed by atoms with E-state index < -0.39 is 17.3 Å². The van der Waals surface area contributed by atoms with Crippen LogP contribution < -0.4 is 15.6 Å². The fraction of sp³-hybridized carbons (Fsp3) is 0.136. The maximum Gasteiger partial charge on any atom is 0.267 e. The monoisotopic (exact) mass is 451 g/mol. The Morgan fingerprint density at radius 3 is 2.69 bits per heavy atom. The van der Waals surface area contributed by atoms with Gasteiger partial charge in [-0.3, -0.25) is 14.9 Å². The molecule has 2 aromatic heterocycles. The molecule has 4 aromatic rings. The number of carbonyl (C=O) groups is 1. The van der Waals surface area contributed by atoms with Gasteiger partial charge in [-0.05, 0) is 23.8 Å². The van der Waals surface area contributed by atoms with Crippen LogP contribution in [0.5, 0.6) is 5.75 Å². The molecule has 0 saturated heterocycles. The van der Waals surface area contributed by atoms with Crippen LogP contribution in [-0.2, 0) is 17.8 Å². The van der Waals surface area contributed by atoms with Crippen LogP contribution in [0.1, 0.15) is 10.6 Å². The predicted molar refractivity (Wildman–Crippen MR) is 118 cm³/mol. The summed E-state index contributed by atoms with van der Waals surface area (Å²) in [5.74, 6) is -0.677. The van der Waals surface area contributed by atoms with Gasteiger partial charge in [-0.1, -0.05) is 41.7 Å². The van der Waals surface area contributed by atoms with Gasteiger partial charge in [0.2, 0.25) is 11.0 Å². The molecule has 0 aliphatic heterocycles. The third-order valence-electron chi connectivity index (χ3n) is 4.52. The van der Waals surface area contributed by atoms with E-state index in [2.05, 4.69) is 20.6 Å². The van der Waals surface area contributed by atoms with E-state index in [0.29, 0.717) is 17.3 Å². The normalized spacial score (nSPS) is 10.7. The SMILES string of the molecule is COc1ccc(-c2ccc(=O)n(CC(=O)Nc3nnc(Cc4ccccc4)s3)n2)c(F)c1. The standard InChI is InChI=1S/C22H18FN5O3S/c1-31-15-7-8-16(17(23)12-15)18-9-10-21(30)28(27-18)13-19(29)24-22-26-25-20(32-22)11-14-5-3-2-4-6-14/h2-10,12H,11,13H2,1H3,(H,24,26,29). The zero-order valence-electron chi connectivity index (χ0n) is 17.0. The molecule has 0 unspecified atom stereocenters. The van der Waals surface area contributed by atoms with E-state index in [4.69, 9.17) is 4.74 Å². The van der Waals surface area contributed by atoms with Crippen molar-refractivity contribution in [3.63, 3.8) is 0 Å². The highest BCUT2D eigenvalue weighted by molar-refractivity contribution is 7.15. The second-order valence-electron chi connectivity index (χ2n) is 6.77. The van der Waals surface area contributed by atoms with E-state index in [1.807, 2.05) is 30.3 Å². The van der Waals surface area contributed by atoms with Crippen LogP contribution in [0.4, 0.5) is 9.52 Å². The van der Waals surface area contributed by atoms with Gasteiger partial charge >= 0.3 is 0 Å². The van der Waals surface area contributed by atoms with Gasteiger partial charge in [0.25, 0.3) is 5.56 Å². The van der Waals surface area contributed by atoms with Crippen molar-refractivity contribution < 1.29 is 13.9 Å². The zero-order chi connectivity index (χ0) is 22.5. The van der Waals surface area contributed by atoms with Gasteiger partial charge in [-0.2, -0.15) is 5.10 Å². The van der Waals surface area contributed by atoms with E-state index in [9.17, 15) is 14.0 Å². The molecule has 162 valence electrons. The number of hydrogen-bond donors (Lipinski definition) is 1. The van der Waals surface area contributed by atoms with Crippen LogP contribution in [0.3, 0.4) is 0 Å². The smallest absolute Gasteiger partial charge is 0.267 e. The highest BCUT2D eigenvalue weighted by Gasteiger charge is 2.13. The van der Waals surface area contributed by atoms with Crippen LogP contribution in [0.2, 0.25) is 0 Å². The molecule has 2 aromatic carbocycles. The third kappa shape index (κ3) is 5.03. The summed E-state index contributed by atoms with van der Waals surface area (Å²) in [6.45, 7) is -0.349. The largest absolute Gasteiger partial charge is 0.497 e. The number of aromatic nitrogens is 4. The molecule has 0 fully saturated rings. The lowest BCUT2D eigenvalue weighted by Gasteiger charge is -2.08. The number of nitrogens with one attached hydrogen (secondary N) is 1. The van der Waals surface area contributed by atoms with Crippen LogP contribution in [0.25, 0.3) is 11.3 Å². The highest BCUT2D eigenvalue weighted by atomic mass is 32.1. The van der Waals surface area contributed by atoms with Crippen LogP contribution in [0, 0.1) is 5.82 Å². The minimum atomic E-state index is -0.550. The maximum absolute atomic E-state index is 14.4. The lowest BCUT2D eigenvalue weighted by atomic mass is 10.1. The van der Waals surface area contributed by atoms with Gasteiger partial charge in [0.1, 0.15) is 23.1 Å². The van der Waals surface area contributed by atoms with Gasteiger partial charge in [0, 0.05) is 24.1 Å². The summed E-state index contributed by atoms with van der Waals surface area (Å²) in [5, 5.41) is 15.9. The first kappa shape index (κ1) is 21.3. The minimum Gasteiger partial charge on any atom is -0.497 e. The van der Waals surface area contributed by atoms with Crippen molar-refractivity contribution in [1.29, 1.82) is 0 Å². The van der Waals surface area contributed by atoms with E-state index in [1.165, 1.54) is 42.7 Å². The number of rotatable bonds is 7. The Morgan fingerprint density at radius 1 is 1.12 bits per heavy atom. The molecule has 0 atom stereocenters. The molecule has 1 N–H and O–H groups in total. The molecule has 8 nitrogen and oxygen atoms in total. The van der Waals surface area contributed by atoms with Gasteiger partial charge < -0.3 is 4.74 Å². The van der Waals surface area contributed by atoms with Crippen LogP contribution in [0.15, 0.2) is 65.5 Å². The second-order valence-corrected chi connectivity index (χ2v) is 7.83. The summed E-state index contributed by atoms with van der Waals surface area (Å²) in [6, 6.07) is 16.7. The number of anilines is 1. The molecule has 0 aliphatic carbocycles. The average Bonchev–Trinajstić information content (AvgIpc) is 3.22. The number of carbonyl (C=O) groups excluding carboxylic acids is 1. The number of nitrogens with zero attached hydrogens (tertiary/aromatic N) is 4. The lowest BCUT2D eigenvalue weighted by Crippen LogP contribution is -2.29. The minimum absolute atomic E-state index is 0.189. The molecular formula is C22H18FN5O3S. The first-order valence-corrected chi connectivity index (χ1v) is 10.4. The van der Waals surface area contributed by atoms with Crippen molar-refractivity contribution in [2.75, 3.05) is 12.4 Å². The Balaban J connectivity index is 1.46. The van der Waals surface area contributed by atoms with Crippen molar-refractivity contribution in [1.82, 2.24) is 20.0 Å². The number of benzene rings is 2. The first-order valence-electron chi connectivity index (χ1n) is 9.60. The topological polar surface area (TPSA) is 99.0 Å². The summed E-state index contributed by atoms with van der Waals surface area (Å²) in [7, 11) is 1.44. The lowest BCUT2D eigenvalue weighted by molar-refractivity contribution is -0.117. The molecule has 0 spiro atoms. The molecular weight excluding hydrogens is 433 g/mol. The van der Waals surface area contributed by atoms with Crippen molar-refractivity contribution >= 4 is 22.4 Å². The molecule has 2 heterocycles. The third-order valence-corrected chi connectivity index (χ3v) is 5.36. The molecule has 10 heteroatoms. The summed E-state index contributed by atoms with van der Waals surface area (Å²) in [4.78, 5) is 24.6. The van der Waals surface area contributed by atoms with Crippen molar-refractivity contribution in [3.05, 3.63) is 87.4 Å². The summed E-state index contributed by atoms with van der Waals surface area (Å²) in [6.07, 6.45) is 0.602. The number of methoxy groups -OCH3 is 1. The van der Waals surface area contributed by atoms with Gasteiger partial charge in [-0.25, -0.2) is 9.07 Å². The summed E-state index contributed by atoms with van der Waals surface area (Å²) < 4.78 is 20.3. The molecule has 1 amide bonds. The molecule has 0 aliphatic rings. The van der Waals surface area contributed by atoms with Crippen molar-refractivity contribution in [2.45, 2.75) is 13.0 Å². The van der Waals surface area contributed by atoms with Crippen molar-refractivity contribution in [3.8, 4) is 17.0 Å². The van der Waals surface area contributed by atoms with Gasteiger partial charge in [0.15, 0.2) is 0 Å². The van der Waals surface area contributed by atoms with Gasteiger partial charge in [0.05, 0.1) is 12.8 Å². The summed E-state index contributed by atoms with van der Waals surface area (Å²) in [5.41, 5.74) is 1.01. The Hall–Kier alpha value is -3.92. The quantitative estimate of drug-likeness (QED) is 0.464. The zero-order valence-corrected chi connectivity index (χ0v) is 17.8. The highest BCUT2D eigenvalue weighted by Crippen LogP contribution is 2.24. The van der Waals surface area contributed by atoms with E-state index in [-0.39, 0.29) is 17.8 Å². The van der Waals surface area contributed by atoms with Gasteiger partial charge in [-0.15, -0.1) is 10.2 Å². The predicted octanol–water partition coefficient (Wildman–Crippen LogP) is 3.14. The Bertz CT molecular complexity index is 1310. The second kappa shape index (κ2) is 9.48. The number of ether oxygens (including phenoxy) is 1. The van der Waals surface area contributed by atoms with E-state index >= 15 is 0 Å². The van der Waals surface area contributed by atoms with E-state index in [1.54, 1.807) is 6.07 Å². The Labute approximate surface area is 186 Å². The molecule has 0 radical (unpaired) electrons. The number of hydrogen-bond acceptors (Lipinski definition) is 7. The fourth-order valence-electron chi connectivity index (χ4n) is 2.98. The number of amides is 1. The Morgan fingerprint density at radius 2 is 1.94 bits per heavy atom. The first-order chi connectivity index (χ1) is 15.5. The van der Waals surface area contributed by atoms with E-state index in [0.717, 1.165) is 15.3 Å². The fourth-order valence-corrected chi connectivity index (χ4v) is 3.77. The Kier molecular flexibility index (Phi) is 6.31.